The number of hydrogen-bond acceptors (Lipinski definition) is 2. The SMILES string of the molecule is CC(CN)CC=CCCC=CCC(C)(C)N. The molecule has 0 radical (unpaired) electrons. The van der Waals surface area contributed by atoms with E-state index >= 15 is 0 Å². The van der Waals surface area contributed by atoms with Gasteiger partial charge in [0.2, 0.25) is 0 Å². The summed E-state index contributed by atoms with van der Waals surface area (Å²) in [4.78, 5) is 0. The molecule has 94 valence electrons. The normalized spacial score (nSPS) is 15.1. The summed E-state index contributed by atoms with van der Waals surface area (Å²) >= 11 is 0. The fraction of sp³-hybridized carbons (Fsp3) is 0.714. The van der Waals surface area contributed by atoms with E-state index in [0.717, 1.165) is 32.2 Å². The molecule has 1 unspecified atom stereocenters. The van der Waals surface area contributed by atoms with E-state index in [9.17, 15) is 0 Å². The first-order valence-corrected chi connectivity index (χ1v) is 6.24. The van der Waals surface area contributed by atoms with Crippen molar-refractivity contribution in [1.82, 2.24) is 0 Å². The molecule has 0 rings (SSSR count). The third-order valence-corrected chi connectivity index (χ3v) is 2.42. The largest absolute Gasteiger partial charge is 0.330 e. The summed E-state index contributed by atoms with van der Waals surface area (Å²) in [7, 11) is 0. The molecular weight excluding hydrogens is 196 g/mol. The van der Waals surface area contributed by atoms with Crippen LogP contribution in [0.5, 0.6) is 0 Å². The molecule has 0 bridgehead atoms. The van der Waals surface area contributed by atoms with Gasteiger partial charge in [0.1, 0.15) is 0 Å². The zero-order valence-corrected chi connectivity index (χ0v) is 11.1. The molecule has 1 atom stereocenters. The monoisotopic (exact) mass is 224 g/mol. The van der Waals surface area contributed by atoms with E-state index < -0.39 is 0 Å². The molecule has 2 heteroatoms. The van der Waals surface area contributed by atoms with Crippen LogP contribution < -0.4 is 11.5 Å². The lowest BCUT2D eigenvalue weighted by molar-refractivity contribution is 0.527. The van der Waals surface area contributed by atoms with E-state index in [-0.39, 0.29) is 5.54 Å². The van der Waals surface area contributed by atoms with Gasteiger partial charge in [-0.1, -0.05) is 31.2 Å². The molecule has 0 aromatic rings. The van der Waals surface area contributed by atoms with E-state index in [1.54, 1.807) is 0 Å². The van der Waals surface area contributed by atoms with Gasteiger partial charge in [-0.3, -0.25) is 0 Å². The molecule has 0 heterocycles. The second kappa shape index (κ2) is 8.54. The van der Waals surface area contributed by atoms with Crippen LogP contribution in [0.4, 0.5) is 0 Å². The first-order chi connectivity index (χ1) is 7.45. The van der Waals surface area contributed by atoms with Gasteiger partial charge >= 0.3 is 0 Å². The van der Waals surface area contributed by atoms with Crippen molar-refractivity contribution in [2.75, 3.05) is 6.54 Å². The molecule has 0 amide bonds. The van der Waals surface area contributed by atoms with E-state index in [1.807, 2.05) is 13.8 Å². The van der Waals surface area contributed by atoms with Crippen molar-refractivity contribution in [3.63, 3.8) is 0 Å². The van der Waals surface area contributed by atoms with Gasteiger partial charge < -0.3 is 11.5 Å². The zero-order valence-electron chi connectivity index (χ0n) is 11.1. The van der Waals surface area contributed by atoms with Gasteiger partial charge in [-0.15, -0.1) is 0 Å². The quantitative estimate of drug-likeness (QED) is 0.492. The predicted octanol–water partition coefficient (Wildman–Crippen LogP) is 2.99. The van der Waals surface area contributed by atoms with Crippen LogP contribution in [0.2, 0.25) is 0 Å². The Hall–Kier alpha value is -0.600. The molecule has 0 aliphatic heterocycles. The fourth-order valence-corrected chi connectivity index (χ4v) is 1.24. The van der Waals surface area contributed by atoms with Gasteiger partial charge in [0.25, 0.3) is 0 Å². The topological polar surface area (TPSA) is 52.0 Å². The molecule has 0 fully saturated rings. The summed E-state index contributed by atoms with van der Waals surface area (Å²) in [5.41, 5.74) is 11.3. The van der Waals surface area contributed by atoms with Gasteiger partial charge in [0, 0.05) is 5.54 Å². The van der Waals surface area contributed by atoms with E-state index in [0.29, 0.717) is 5.92 Å². The Balaban J connectivity index is 3.46. The Kier molecular flexibility index (Phi) is 8.22. The van der Waals surface area contributed by atoms with Gasteiger partial charge in [0.05, 0.1) is 0 Å². The maximum absolute atomic E-state index is 5.87. The van der Waals surface area contributed by atoms with Crippen molar-refractivity contribution in [3.05, 3.63) is 24.3 Å². The van der Waals surface area contributed by atoms with Crippen LogP contribution in [0.3, 0.4) is 0 Å². The van der Waals surface area contributed by atoms with Crippen molar-refractivity contribution in [1.29, 1.82) is 0 Å². The molecule has 0 spiro atoms. The average molecular weight is 224 g/mol. The highest BCUT2D eigenvalue weighted by atomic mass is 14.7. The third-order valence-electron chi connectivity index (χ3n) is 2.42. The number of rotatable bonds is 8. The van der Waals surface area contributed by atoms with Crippen molar-refractivity contribution in [3.8, 4) is 0 Å². The molecule has 2 nitrogen and oxygen atoms in total. The highest BCUT2D eigenvalue weighted by Crippen LogP contribution is 2.06. The minimum absolute atomic E-state index is 0.0805. The summed E-state index contributed by atoms with van der Waals surface area (Å²) in [6.45, 7) is 7.04. The Morgan fingerprint density at radius 1 is 1.06 bits per heavy atom. The van der Waals surface area contributed by atoms with Crippen LogP contribution in [0, 0.1) is 5.92 Å². The lowest BCUT2D eigenvalue weighted by Crippen LogP contribution is -2.30. The summed E-state index contributed by atoms with van der Waals surface area (Å²) in [5.74, 6) is 0.602. The third kappa shape index (κ3) is 11.5. The van der Waals surface area contributed by atoms with Crippen LogP contribution in [-0.4, -0.2) is 12.1 Å². The van der Waals surface area contributed by atoms with Gasteiger partial charge in [-0.2, -0.15) is 0 Å². The highest BCUT2D eigenvalue weighted by molar-refractivity contribution is 4.92. The minimum atomic E-state index is -0.0805. The van der Waals surface area contributed by atoms with Crippen molar-refractivity contribution in [2.24, 2.45) is 17.4 Å². The standard InChI is InChI=1S/C14H28N2/c1-13(12-15)10-8-6-4-5-7-9-11-14(2,3)16/h6-9,13H,4-5,10-12,15-16H2,1-3H3. The molecule has 0 aromatic carbocycles. The van der Waals surface area contributed by atoms with E-state index in [2.05, 4.69) is 31.2 Å². The van der Waals surface area contributed by atoms with Crippen LogP contribution in [0.15, 0.2) is 24.3 Å². The Morgan fingerprint density at radius 2 is 1.62 bits per heavy atom. The van der Waals surface area contributed by atoms with Crippen LogP contribution >= 0.6 is 0 Å². The summed E-state index contributed by atoms with van der Waals surface area (Å²) in [6, 6.07) is 0. The van der Waals surface area contributed by atoms with Crippen molar-refractivity contribution < 1.29 is 0 Å². The lowest BCUT2D eigenvalue weighted by atomic mass is 10.0. The Labute approximate surface area is 101 Å². The first kappa shape index (κ1) is 15.4. The lowest BCUT2D eigenvalue weighted by Gasteiger charge is -2.14. The van der Waals surface area contributed by atoms with Crippen molar-refractivity contribution >= 4 is 0 Å². The molecule has 0 aliphatic carbocycles. The highest BCUT2D eigenvalue weighted by Gasteiger charge is 2.05. The molecule has 4 N–H and O–H groups in total. The fourth-order valence-electron chi connectivity index (χ4n) is 1.24. The van der Waals surface area contributed by atoms with Crippen LogP contribution in [-0.2, 0) is 0 Å². The van der Waals surface area contributed by atoms with Gasteiger partial charge in [-0.25, -0.2) is 0 Å². The zero-order chi connectivity index (χ0) is 12.4. The van der Waals surface area contributed by atoms with Crippen molar-refractivity contribution in [2.45, 2.75) is 52.0 Å². The number of unbranched alkanes of at least 4 members (excludes halogenated alkanes) is 1. The number of hydrogen-bond donors (Lipinski definition) is 2. The molecular formula is C14H28N2. The second-order valence-electron chi connectivity index (χ2n) is 5.29. The number of allylic oxidation sites excluding steroid dienone is 3. The van der Waals surface area contributed by atoms with Crippen LogP contribution in [0.25, 0.3) is 0 Å². The van der Waals surface area contributed by atoms with Gasteiger partial charge in [-0.05, 0) is 52.0 Å². The minimum Gasteiger partial charge on any atom is -0.330 e. The second-order valence-corrected chi connectivity index (χ2v) is 5.29. The maximum Gasteiger partial charge on any atom is 0.0132 e. The summed E-state index contributed by atoms with van der Waals surface area (Å²) in [6.07, 6.45) is 13.1. The number of nitrogens with two attached hydrogens (primary N) is 2. The summed E-state index contributed by atoms with van der Waals surface area (Å²) < 4.78 is 0. The molecule has 0 saturated carbocycles. The van der Waals surface area contributed by atoms with Crippen LogP contribution in [0.1, 0.15) is 46.5 Å². The first-order valence-electron chi connectivity index (χ1n) is 6.24. The van der Waals surface area contributed by atoms with E-state index in [4.69, 9.17) is 11.5 Å². The smallest absolute Gasteiger partial charge is 0.0132 e. The Morgan fingerprint density at radius 3 is 2.12 bits per heavy atom. The van der Waals surface area contributed by atoms with E-state index in [1.165, 1.54) is 0 Å². The maximum atomic E-state index is 5.87. The Bertz CT molecular complexity index is 211. The molecule has 0 aliphatic rings. The molecule has 16 heavy (non-hydrogen) atoms. The predicted molar refractivity (Wildman–Crippen MR) is 73.2 cm³/mol. The molecule has 0 aromatic heterocycles. The average Bonchev–Trinajstić information content (AvgIpc) is 2.20. The van der Waals surface area contributed by atoms with Gasteiger partial charge in [0.15, 0.2) is 0 Å². The molecule has 0 saturated heterocycles. The summed E-state index contributed by atoms with van der Waals surface area (Å²) in [5, 5.41) is 0.